The third kappa shape index (κ3) is 4.83. The molecule has 0 aliphatic heterocycles. The van der Waals surface area contributed by atoms with Gasteiger partial charge >= 0.3 is 7.48 Å². The molecule has 0 radical (unpaired) electrons. The quantitative estimate of drug-likeness (QED) is 0.567. The molecule has 3 aromatic carbocycles. The molecule has 0 fully saturated rings. The summed E-state index contributed by atoms with van der Waals surface area (Å²) in [4.78, 5) is 0. The zero-order chi connectivity index (χ0) is 21.2. The molecule has 0 aliphatic rings. The van der Waals surface area contributed by atoms with Crippen LogP contribution in [0.1, 0.15) is 51.8 Å². The highest BCUT2D eigenvalue weighted by Crippen LogP contribution is 2.30. The van der Waals surface area contributed by atoms with Crippen molar-refractivity contribution >= 4 is 29.4 Å². The molecular weight excluding hydrogens is 357 g/mol. The molecule has 1 atom stereocenters. The lowest BCUT2D eigenvalue weighted by Gasteiger charge is -2.37. The SMILES string of the molecule is Cc1ccc2ccccc2c1NC(C)c1cccc(BOC(C)(C)C(C)(C)O)c1. The van der Waals surface area contributed by atoms with E-state index in [2.05, 4.69) is 79.8 Å². The van der Waals surface area contributed by atoms with Gasteiger partial charge in [-0.3, -0.25) is 0 Å². The van der Waals surface area contributed by atoms with E-state index < -0.39 is 11.2 Å². The lowest BCUT2D eigenvalue weighted by atomic mass is 9.81. The fraction of sp³-hybridized carbons (Fsp3) is 0.360. The second kappa shape index (κ2) is 8.21. The van der Waals surface area contributed by atoms with Gasteiger partial charge in [-0.2, -0.15) is 0 Å². The van der Waals surface area contributed by atoms with Gasteiger partial charge in [-0.1, -0.05) is 66.1 Å². The van der Waals surface area contributed by atoms with Crippen LogP contribution in [0.25, 0.3) is 10.8 Å². The zero-order valence-corrected chi connectivity index (χ0v) is 18.4. The first-order chi connectivity index (χ1) is 13.6. The minimum atomic E-state index is -0.911. The Balaban J connectivity index is 1.79. The van der Waals surface area contributed by atoms with Crippen LogP contribution in [0.5, 0.6) is 0 Å². The van der Waals surface area contributed by atoms with E-state index in [1.165, 1.54) is 27.6 Å². The molecule has 3 nitrogen and oxygen atoms in total. The van der Waals surface area contributed by atoms with E-state index in [1.54, 1.807) is 13.8 Å². The molecule has 0 amide bonds. The molecule has 4 heteroatoms. The van der Waals surface area contributed by atoms with Crippen molar-refractivity contribution in [3.05, 3.63) is 71.8 Å². The Hall–Kier alpha value is -2.30. The Morgan fingerprint density at radius 1 is 0.966 bits per heavy atom. The van der Waals surface area contributed by atoms with Crippen LogP contribution in [0, 0.1) is 6.92 Å². The summed E-state index contributed by atoms with van der Waals surface area (Å²) >= 11 is 0. The first-order valence-electron chi connectivity index (χ1n) is 10.3. The Labute approximate surface area is 175 Å². The molecule has 3 aromatic rings. The van der Waals surface area contributed by atoms with Crippen LogP contribution < -0.4 is 10.8 Å². The third-order valence-corrected chi connectivity index (χ3v) is 6.02. The molecule has 0 aliphatic carbocycles. The number of anilines is 1. The van der Waals surface area contributed by atoms with Crippen molar-refractivity contribution in [3.63, 3.8) is 0 Å². The maximum absolute atomic E-state index is 10.3. The number of hydrogen-bond donors (Lipinski definition) is 2. The van der Waals surface area contributed by atoms with Gasteiger partial charge in [0.15, 0.2) is 0 Å². The number of aliphatic hydroxyl groups is 1. The number of aryl methyl sites for hydroxylation is 1. The summed E-state index contributed by atoms with van der Waals surface area (Å²) in [6.45, 7) is 11.7. The van der Waals surface area contributed by atoms with E-state index in [-0.39, 0.29) is 6.04 Å². The van der Waals surface area contributed by atoms with Crippen LogP contribution in [-0.4, -0.2) is 23.8 Å². The van der Waals surface area contributed by atoms with Crippen molar-refractivity contribution in [2.24, 2.45) is 0 Å². The van der Waals surface area contributed by atoms with Crippen LogP contribution in [0.15, 0.2) is 60.7 Å². The highest BCUT2D eigenvalue weighted by atomic mass is 16.5. The largest absolute Gasteiger partial charge is 0.427 e. The Morgan fingerprint density at radius 3 is 2.41 bits per heavy atom. The molecule has 3 rings (SSSR count). The summed E-state index contributed by atoms with van der Waals surface area (Å²) < 4.78 is 6.04. The van der Waals surface area contributed by atoms with E-state index in [0.717, 1.165) is 5.46 Å². The van der Waals surface area contributed by atoms with Crippen LogP contribution >= 0.6 is 0 Å². The fourth-order valence-electron chi connectivity index (χ4n) is 3.26. The molecular formula is C25H32BNO2. The van der Waals surface area contributed by atoms with Crippen LogP contribution in [0.2, 0.25) is 0 Å². The number of nitrogens with one attached hydrogen (secondary N) is 1. The van der Waals surface area contributed by atoms with E-state index in [4.69, 9.17) is 4.65 Å². The molecule has 29 heavy (non-hydrogen) atoms. The Kier molecular flexibility index (Phi) is 6.07. The maximum atomic E-state index is 10.3. The molecule has 0 bridgehead atoms. The topological polar surface area (TPSA) is 41.5 Å². The molecule has 0 heterocycles. The van der Waals surface area contributed by atoms with E-state index >= 15 is 0 Å². The predicted molar refractivity (Wildman–Crippen MR) is 125 cm³/mol. The fourth-order valence-corrected chi connectivity index (χ4v) is 3.26. The van der Waals surface area contributed by atoms with Gasteiger partial charge in [0.2, 0.25) is 0 Å². The summed E-state index contributed by atoms with van der Waals surface area (Å²) in [5, 5.41) is 16.5. The van der Waals surface area contributed by atoms with E-state index in [1.807, 2.05) is 13.8 Å². The first-order valence-corrected chi connectivity index (χ1v) is 10.3. The van der Waals surface area contributed by atoms with Crippen LogP contribution in [0.3, 0.4) is 0 Å². The highest BCUT2D eigenvalue weighted by molar-refractivity contribution is 6.47. The predicted octanol–water partition coefficient (Wildman–Crippen LogP) is 4.86. The normalized spacial score (nSPS) is 13.3. The van der Waals surface area contributed by atoms with Crippen molar-refractivity contribution in [1.29, 1.82) is 0 Å². The van der Waals surface area contributed by atoms with Crippen molar-refractivity contribution in [1.82, 2.24) is 0 Å². The molecule has 0 saturated heterocycles. The van der Waals surface area contributed by atoms with Crippen molar-refractivity contribution in [2.45, 2.75) is 58.8 Å². The Bertz CT molecular complexity index is 992. The standard InChI is InChI=1S/C25H32BNO2/c1-17-14-15-19-10-7-8-13-22(19)23(17)27-18(2)20-11-9-12-21(16-20)26-29-25(5,6)24(3,4)28/h7-16,18,26-28H,1-6H3. The van der Waals surface area contributed by atoms with Gasteiger partial charge in [-0.15, -0.1) is 0 Å². The van der Waals surface area contributed by atoms with Gasteiger partial charge in [0, 0.05) is 17.1 Å². The molecule has 0 aromatic heterocycles. The molecule has 1 unspecified atom stereocenters. The molecule has 0 spiro atoms. The van der Waals surface area contributed by atoms with E-state index in [0.29, 0.717) is 7.48 Å². The third-order valence-electron chi connectivity index (χ3n) is 6.02. The average Bonchev–Trinajstić information content (AvgIpc) is 2.68. The molecule has 2 N–H and O–H groups in total. The zero-order valence-electron chi connectivity index (χ0n) is 18.4. The number of benzene rings is 3. The first kappa shape index (κ1) is 21.4. The van der Waals surface area contributed by atoms with Crippen molar-refractivity contribution in [3.8, 4) is 0 Å². The average molecular weight is 389 g/mol. The van der Waals surface area contributed by atoms with Crippen LogP contribution in [-0.2, 0) is 4.65 Å². The molecule has 0 saturated carbocycles. The summed E-state index contributed by atoms with van der Waals surface area (Å²) in [5.74, 6) is 0. The minimum Gasteiger partial charge on any atom is -0.427 e. The van der Waals surface area contributed by atoms with Gasteiger partial charge in [-0.05, 0) is 58.1 Å². The van der Waals surface area contributed by atoms with E-state index in [9.17, 15) is 5.11 Å². The second-order valence-corrected chi connectivity index (χ2v) is 8.95. The van der Waals surface area contributed by atoms with Gasteiger partial charge in [0.05, 0.1) is 11.2 Å². The highest BCUT2D eigenvalue weighted by Gasteiger charge is 2.35. The second-order valence-electron chi connectivity index (χ2n) is 8.95. The smallest absolute Gasteiger partial charge is 0.309 e. The van der Waals surface area contributed by atoms with Crippen molar-refractivity contribution < 1.29 is 9.76 Å². The lowest BCUT2D eigenvalue weighted by molar-refractivity contribution is -0.0893. The summed E-state index contributed by atoms with van der Waals surface area (Å²) in [6, 6.07) is 21.4. The van der Waals surface area contributed by atoms with Gasteiger partial charge in [0.25, 0.3) is 0 Å². The molecule has 152 valence electrons. The lowest BCUT2D eigenvalue weighted by Crippen LogP contribution is -2.49. The number of hydrogen-bond acceptors (Lipinski definition) is 3. The number of rotatable bonds is 7. The number of fused-ring (bicyclic) bond motifs is 1. The Morgan fingerprint density at radius 2 is 1.69 bits per heavy atom. The summed E-state index contributed by atoms with van der Waals surface area (Å²) in [5.41, 5.74) is 3.18. The van der Waals surface area contributed by atoms with Crippen molar-refractivity contribution in [2.75, 3.05) is 5.32 Å². The summed E-state index contributed by atoms with van der Waals surface area (Å²) in [6.07, 6.45) is 0. The summed E-state index contributed by atoms with van der Waals surface area (Å²) in [7, 11) is 0.463. The minimum absolute atomic E-state index is 0.154. The van der Waals surface area contributed by atoms with Gasteiger partial charge in [0.1, 0.15) is 0 Å². The van der Waals surface area contributed by atoms with Gasteiger partial charge < -0.3 is 15.1 Å². The van der Waals surface area contributed by atoms with Crippen LogP contribution in [0.4, 0.5) is 5.69 Å². The monoisotopic (exact) mass is 389 g/mol. The maximum Gasteiger partial charge on any atom is 0.309 e. The van der Waals surface area contributed by atoms with Gasteiger partial charge in [-0.25, -0.2) is 0 Å².